The Hall–Kier alpha value is -1.62. The topological polar surface area (TPSA) is 62.5 Å². The summed E-state index contributed by atoms with van der Waals surface area (Å²) in [5, 5.41) is 0. The molecule has 2 N–H and O–H groups in total. The van der Waals surface area contributed by atoms with Gasteiger partial charge in [0, 0.05) is 25.0 Å². The second-order valence-electron chi connectivity index (χ2n) is 5.20. The number of carbonyl (C=O) groups is 1. The van der Waals surface area contributed by atoms with E-state index in [4.69, 9.17) is 5.73 Å². The van der Waals surface area contributed by atoms with Gasteiger partial charge in [0.15, 0.2) is 0 Å². The Labute approximate surface area is 107 Å². The van der Waals surface area contributed by atoms with E-state index in [2.05, 4.69) is 16.9 Å². The summed E-state index contributed by atoms with van der Waals surface area (Å²) >= 11 is 0. The zero-order valence-corrected chi connectivity index (χ0v) is 10.5. The van der Waals surface area contributed by atoms with Gasteiger partial charge in [-0.15, -0.1) is 0 Å². The molecule has 2 fully saturated rings. The Morgan fingerprint density at radius 1 is 1.33 bits per heavy atom. The van der Waals surface area contributed by atoms with Crippen molar-refractivity contribution in [3.8, 4) is 0 Å². The maximum absolute atomic E-state index is 12.3. The number of pyridine rings is 1. The predicted octanol–water partition coefficient (Wildman–Crippen LogP) is 0.863. The minimum Gasteiger partial charge on any atom is -0.384 e. The van der Waals surface area contributed by atoms with E-state index in [1.807, 2.05) is 11.0 Å². The van der Waals surface area contributed by atoms with Crippen LogP contribution in [0.4, 0.5) is 11.5 Å². The molecule has 2 aliphatic heterocycles. The highest BCUT2D eigenvalue weighted by molar-refractivity contribution is 5.94. The third kappa shape index (κ3) is 1.84. The number of rotatable bonds is 1. The number of aromatic nitrogens is 1. The monoisotopic (exact) mass is 246 g/mol. The fourth-order valence-corrected chi connectivity index (χ4v) is 2.99. The van der Waals surface area contributed by atoms with Gasteiger partial charge in [-0.05, 0) is 32.0 Å². The molecule has 5 nitrogen and oxygen atoms in total. The summed E-state index contributed by atoms with van der Waals surface area (Å²) in [7, 11) is 2.13. The first-order chi connectivity index (χ1) is 8.65. The lowest BCUT2D eigenvalue weighted by molar-refractivity contribution is -0.119. The smallest absolute Gasteiger partial charge is 0.228 e. The van der Waals surface area contributed by atoms with Gasteiger partial charge in [-0.3, -0.25) is 9.69 Å². The van der Waals surface area contributed by atoms with E-state index >= 15 is 0 Å². The Kier molecular flexibility index (Phi) is 2.70. The Morgan fingerprint density at radius 3 is 2.83 bits per heavy atom. The molecule has 0 saturated carbocycles. The fourth-order valence-electron chi connectivity index (χ4n) is 2.99. The van der Waals surface area contributed by atoms with Crippen molar-refractivity contribution in [2.24, 2.45) is 0 Å². The van der Waals surface area contributed by atoms with Crippen LogP contribution in [0.5, 0.6) is 0 Å². The Balaban J connectivity index is 1.88. The maximum atomic E-state index is 12.3. The van der Waals surface area contributed by atoms with Crippen LogP contribution in [-0.4, -0.2) is 41.5 Å². The molecule has 5 heteroatoms. The van der Waals surface area contributed by atoms with Crippen LogP contribution in [0.15, 0.2) is 18.3 Å². The van der Waals surface area contributed by atoms with Crippen LogP contribution in [0, 0.1) is 0 Å². The largest absolute Gasteiger partial charge is 0.384 e. The van der Waals surface area contributed by atoms with Crippen molar-refractivity contribution in [3.63, 3.8) is 0 Å². The van der Waals surface area contributed by atoms with Crippen molar-refractivity contribution in [2.45, 2.75) is 31.3 Å². The van der Waals surface area contributed by atoms with Gasteiger partial charge in [-0.2, -0.15) is 0 Å². The van der Waals surface area contributed by atoms with E-state index in [1.54, 1.807) is 12.3 Å². The summed E-state index contributed by atoms with van der Waals surface area (Å²) in [4.78, 5) is 20.5. The van der Waals surface area contributed by atoms with Crippen molar-refractivity contribution in [1.82, 2.24) is 9.88 Å². The first-order valence-electron chi connectivity index (χ1n) is 6.39. The minimum absolute atomic E-state index is 0.195. The highest BCUT2D eigenvalue weighted by Gasteiger charge is 2.38. The number of hydrogen-bond donors (Lipinski definition) is 1. The second-order valence-corrected chi connectivity index (χ2v) is 5.20. The van der Waals surface area contributed by atoms with E-state index < -0.39 is 0 Å². The Bertz CT molecular complexity index is 459. The molecule has 3 heterocycles. The fraction of sp³-hybridized carbons (Fsp3) is 0.538. The molecule has 0 unspecified atom stereocenters. The molecular formula is C13H18N4O. The lowest BCUT2D eigenvalue weighted by Gasteiger charge is -2.25. The molecular weight excluding hydrogens is 228 g/mol. The van der Waals surface area contributed by atoms with Crippen LogP contribution in [0.25, 0.3) is 0 Å². The number of amides is 1. The van der Waals surface area contributed by atoms with E-state index in [9.17, 15) is 4.79 Å². The van der Waals surface area contributed by atoms with Crippen LogP contribution < -0.4 is 10.6 Å². The summed E-state index contributed by atoms with van der Waals surface area (Å²) in [6.07, 6.45) is 4.61. The molecule has 0 radical (unpaired) electrons. The number of nitrogens with two attached hydrogens (primary N) is 1. The van der Waals surface area contributed by atoms with Crippen LogP contribution >= 0.6 is 0 Å². The molecule has 0 spiro atoms. The van der Waals surface area contributed by atoms with Crippen LogP contribution in [0.1, 0.15) is 19.3 Å². The number of likely N-dealkylation sites (N-methyl/N-ethyl adjacent to an activating group) is 1. The van der Waals surface area contributed by atoms with Gasteiger partial charge in [0.25, 0.3) is 0 Å². The molecule has 1 aromatic heterocycles. The average Bonchev–Trinajstić information content (AvgIpc) is 2.62. The molecule has 96 valence electrons. The van der Waals surface area contributed by atoms with E-state index in [0.29, 0.717) is 24.3 Å². The SMILES string of the molecule is CN1[C@@H]2CC[C@H]1CN(c1ccc(N)nc1)C(=O)C2. The van der Waals surface area contributed by atoms with Crippen molar-refractivity contribution in [1.29, 1.82) is 0 Å². The summed E-state index contributed by atoms with van der Waals surface area (Å²) in [6.45, 7) is 0.761. The van der Waals surface area contributed by atoms with Crippen LogP contribution in [0.2, 0.25) is 0 Å². The zero-order valence-electron chi connectivity index (χ0n) is 10.5. The quantitative estimate of drug-likeness (QED) is 0.798. The lowest BCUT2D eigenvalue weighted by Crippen LogP contribution is -2.38. The number of nitrogens with zero attached hydrogens (tertiary/aromatic N) is 3. The molecule has 0 aromatic carbocycles. The van der Waals surface area contributed by atoms with E-state index in [-0.39, 0.29) is 5.91 Å². The summed E-state index contributed by atoms with van der Waals surface area (Å²) in [6, 6.07) is 4.50. The van der Waals surface area contributed by atoms with Gasteiger partial charge < -0.3 is 10.6 Å². The number of anilines is 2. The van der Waals surface area contributed by atoms with Crippen molar-refractivity contribution in [3.05, 3.63) is 18.3 Å². The molecule has 1 aromatic rings. The molecule has 3 rings (SSSR count). The summed E-state index contributed by atoms with van der Waals surface area (Å²) < 4.78 is 0. The normalized spacial score (nSPS) is 28.5. The third-order valence-corrected chi connectivity index (χ3v) is 4.17. The van der Waals surface area contributed by atoms with Crippen LogP contribution in [0.3, 0.4) is 0 Å². The number of fused-ring (bicyclic) bond motifs is 2. The number of nitrogen functional groups attached to an aromatic ring is 1. The molecule has 1 amide bonds. The second kappa shape index (κ2) is 4.24. The van der Waals surface area contributed by atoms with E-state index in [1.165, 1.54) is 6.42 Å². The molecule has 2 aliphatic rings. The third-order valence-electron chi connectivity index (χ3n) is 4.17. The lowest BCUT2D eigenvalue weighted by atomic mass is 10.1. The molecule has 2 bridgehead atoms. The van der Waals surface area contributed by atoms with Crippen molar-refractivity contribution >= 4 is 17.4 Å². The highest BCUT2D eigenvalue weighted by Crippen LogP contribution is 2.31. The van der Waals surface area contributed by atoms with E-state index in [0.717, 1.165) is 18.7 Å². The molecule has 2 atom stereocenters. The molecule has 0 aliphatic carbocycles. The van der Waals surface area contributed by atoms with Gasteiger partial charge in [-0.1, -0.05) is 0 Å². The zero-order chi connectivity index (χ0) is 12.7. The molecule has 2 saturated heterocycles. The molecule has 18 heavy (non-hydrogen) atoms. The van der Waals surface area contributed by atoms with Gasteiger partial charge in [0.05, 0.1) is 11.9 Å². The highest BCUT2D eigenvalue weighted by atomic mass is 16.2. The standard InChI is InChI=1S/C13H18N4O/c1-16-9-2-3-11(16)8-17(13(18)6-9)10-4-5-12(14)15-7-10/h4-5,7,9,11H,2-3,6,8H2,1H3,(H2,14,15)/t9-,11+/m1/s1. The van der Waals surface area contributed by atoms with Gasteiger partial charge in [0.1, 0.15) is 5.82 Å². The number of carbonyl (C=O) groups excluding carboxylic acids is 1. The van der Waals surface area contributed by atoms with Gasteiger partial charge >= 0.3 is 0 Å². The van der Waals surface area contributed by atoms with Crippen molar-refractivity contribution < 1.29 is 4.79 Å². The van der Waals surface area contributed by atoms with Gasteiger partial charge in [-0.25, -0.2) is 4.98 Å². The predicted molar refractivity (Wildman–Crippen MR) is 70.2 cm³/mol. The first kappa shape index (κ1) is 11.5. The Morgan fingerprint density at radius 2 is 2.11 bits per heavy atom. The summed E-state index contributed by atoms with van der Waals surface area (Å²) in [5.74, 6) is 0.681. The summed E-state index contributed by atoms with van der Waals surface area (Å²) in [5.41, 5.74) is 6.44. The maximum Gasteiger partial charge on any atom is 0.228 e. The number of hydrogen-bond acceptors (Lipinski definition) is 4. The van der Waals surface area contributed by atoms with Crippen molar-refractivity contribution in [2.75, 3.05) is 24.2 Å². The average molecular weight is 246 g/mol. The van der Waals surface area contributed by atoms with Gasteiger partial charge in [0.2, 0.25) is 5.91 Å². The first-order valence-corrected chi connectivity index (χ1v) is 6.39. The van der Waals surface area contributed by atoms with Crippen LogP contribution in [-0.2, 0) is 4.79 Å². The minimum atomic E-state index is 0.195.